The number of fused-ring (bicyclic) bond motifs is 9. The van der Waals surface area contributed by atoms with Gasteiger partial charge in [0.1, 0.15) is 0 Å². The number of aryl methyl sites for hydroxylation is 2. The van der Waals surface area contributed by atoms with Crippen LogP contribution in [0.4, 0.5) is 0 Å². The van der Waals surface area contributed by atoms with Gasteiger partial charge < -0.3 is 9.13 Å². The van der Waals surface area contributed by atoms with E-state index in [1.807, 2.05) is 11.3 Å². The molecule has 0 saturated carbocycles. The number of aromatic nitrogens is 2. The minimum absolute atomic E-state index is 0.964. The fourth-order valence-corrected chi connectivity index (χ4v) is 8.35. The van der Waals surface area contributed by atoms with Gasteiger partial charge in [0.05, 0.1) is 0 Å². The van der Waals surface area contributed by atoms with Gasteiger partial charge in [0.15, 0.2) is 0 Å². The van der Waals surface area contributed by atoms with Crippen LogP contribution < -0.4 is 0 Å². The Morgan fingerprint density at radius 2 is 0.767 bits per heavy atom. The van der Waals surface area contributed by atoms with Gasteiger partial charge in [-0.15, -0.1) is 11.3 Å². The summed E-state index contributed by atoms with van der Waals surface area (Å²) in [6.07, 6.45) is 0. The van der Waals surface area contributed by atoms with Gasteiger partial charge in [-0.25, -0.2) is 0 Å². The summed E-state index contributed by atoms with van der Waals surface area (Å²) in [5.41, 5.74) is 10.3. The maximum Gasteiger partial charge on any atom is 0.0491 e. The van der Waals surface area contributed by atoms with E-state index < -0.39 is 0 Å². The van der Waals surface area contributed by atoms with Crippen molar-refractivity contribution in [3.63, 3.8) is 0 Å². The lowest BCUT2D eigenvalue weighted by atomic mass is 9.98. The van der Waals surface area contributed by atoms with E-state index in [-0.39, 0.29) is 0 Å². The Morgan fingerprint density at radius 1 is 0.395 bits per heavy atom. The lowest BCUT2D eigenvalue weighted by molar-refractivity contribution is 0.827. The fourth-order valence-electron chi connectivity index (χ4n) is 7.28. The molecule has 0 saturated heterocycles. The summed E-state index contributed by atoms with van der Waals surface area (Å²) in [7, 11) is 0. The highest BCUT2D eigenvalue weighted by molar-refractivity contribution is 7.25. The number of thiophene rings is 1. The Labute approximate surface area is 254 Å². The van der Waals surface area contributed by atoms with Crippen LogP contribution in [0.25, 0.3) is 86.0 Å². The molecular weight excluding hydrogens is 541 g/mol. The zero-order chi connectivity index (χ0) is 28.7. The number of hydrogen-bond acceptors (Lipinski definition) is 1. The van der Waals surface area contributed by atoms with Crippen molar-refractivity contribution >= 4 is 75.1 Å². The van der Waals surface area contributed by atoms with Crippen molar-refractivity contribution in [1.82, 2.24) is 9.13 Å². The highest BCUT2D eigenvalue weighted by atomic mass is 32.1. The number of para-hydroxylation sites is 2. The van der Waals surface area contributed by atoms with Crippen LogP contribution in [0.15, 0.2) is 121 Å². The highest BCUT2D eigenvalue weighted by Gasteiger charge is 2.14. The van der Waals surface area contributed by atoms with Gasteiger partial charge in [0.2, 0.25) is 0 Å². The zero-order valence-electron chi connectivity index (χ0n) is 24.3. The second-order valence-corrected chi connectivity index (χ2v) is 12.6. The molecule has 0 aliphatic heterocycles. The van der Waals surface area contributed by atoms with E-state index in [4.69, 9.17) is 0 Å². The van der Waals surface area contributed by atoms with E-state index in [1.54, 1.807) is 0 Å². The molecule has 3 heteroatoms. The third-order valence-electron chi connectivity index (χ3n) is 9.31. The van der Waals surface area contributed by atoms with Crippen LogP contribution in [0.5, 0.6) is 0 Å². The summed E-state index contributed by atoms with van der Waals surface area (Å²) in [4.78, 5) is 0. The molecule has 0 atom stereocenters. The van der Waals surface area contributed by atoms with E-state index in [2.05, 4.69) is 144 Å². The van der Waals surface area contributed by atoms with Crippen molar-refractivity contribution in [2.75, 3.05) is 0 Å². The molecule has 3 aromatic heterocycles. The molecule has 6 aromatic carbocycles. The molecule has 9 rings (SSSR count). The number of hydrogen-bond donors (Lipinski definition) is 0. The Kier molecular flexibility index (Phi) is 5.36. The first-order valence-corrected chi connectivity index (χ1v) is 16.0. The van der Waals surface area contributed by atoms with Crippen molar-refractivity contribution < 1.29 is 0 Å². The van der Waals surface area contributed by atoms with Crippen LogP contribution in [0.1, 0.15) is 13.8 Å². The second kappa shape index (κ2) is 9.32. The van der Waals surface area contributed by atoms with Crippen molar-refractivity contribution in [3.8, 4) is 22.3 Å². The van der Waals surface area contributed by atoms with E-state index >= 15 is 0 Å². The number of benzene rings is 6. The van der Waals surface area contributed by atoms with E-state index in [1.165, 1.54) is 86.0 Å². The Bertz CT molecular complexity index is 2360. The quantitative estimate of drug-likeness (QED) is 0.199. The molecule has 2 nitrogen and oxygen atoms in total. The minimum Gasteiger partial charge on any atom is -0.341 e. The molecule has 9 aromatic rings. The molecular formula is C40H30N2S. The molecule has 0 radical (unpaired) electrons. The van der Waals surface area contributed by atoms with Crippen molar-refractivity contribution in [2.45, 2.75) is 26.9 Å². The predicted octanol–water partition coefficient (Wildman–Crippen LogP) is 11.6. The third kappa shape index (κ3) is 3.58. The molecule has 43 heavy (non-hydrogen) atoms. The second-order valence-electron chi connectivity index (χ2n) is 11.5. The standard InChI is InChI=1S/C40H30N2S/c1-3-41-35-11-7-5-9-29(35)31-21-25(13-17-37(31)41)27-15-19-39-33(23-27)34-24-28(16-20-40(34)43-39)26-14-18-38-32(22-26)30-10-6-8-12-36(30)42(38)4-2/h5-24H,3-4H2,1-2H3. The van der Waals surface area contributed by atoms with Gasteiger partial charge in [-0.3, -0.25) is 0 Å². The van der Waals surface area contributed by atoms with E-state index in [0.717, 1.165) is 13.1 Å². The third-order valence-corrected chi connectivity index (χ3v) is 10.5. The van der Waals surface area contributed by atoms with Crippen LogP contribution in [-0.4, -0.2) is 9.13 Å². The SMILES string of the molecule is CCn1c2ccccc2c2cc(-c3ccc4sc5ccc(-c6ccc7c(c6)c6ccccc6n7CC)cc5c4c3)ccc21. The Morgan fingerprint density at radius 3 is 1.21 bits per heavy atom. The lowest BCUT2D eigenvalue weighted by Gasteiger charge is -2.07. The summed E-state index contributed by atoms with van der Waals surface area (Å²) in [5, 5.41) is 7.97. The molecule has 0 amide bonds. The molecule has 0 spiro atoms. The van der Waals surface area contributed by atoms with Crippen LogP contribution in [0, 0.1) is 0 Å². The molecule has 0 fully saturated rings. The number of nitrogens with zero attached hydrogens (tertiary/aromatic N) is 2. The predicted molar refractivity (Wildman–Crippen MR) is 188 cm³/mol. The van der Waals surface area contributed by atoms with Crippen LogP contribution >= 0.6 is 11.3 Å². The number of rotatable bonds is 4. The summed E-state index contributed by atoms with van der Waals surface area (Å²) < 4.78 is 7.51. The average Bonchev–Trinajstić information content (AvgIpc) is 3.70. The average molecular weight is 571 g/mol. The van der Waals surface area contributed by atoms with Gasteiger partial charge in [-0.05, 0) is 96.8 Å². The highest BCUT2D eigenvalue weighted by Crippen LogP contribution is 2.40. The van der Waals surface area contributed by atoms with E-state index in [0.29, 0.717) is 0 Å². The minimum atomic E-state index is 0.964. The lowest BCUT2D eigenvalue weighted by Crippen LogP contribution is -1.92. The van der Waals surface area contributed by atoms with Crippen molar-refractivity contribution in [1.29, 1.82) is 0 Å². The van der Waals surface area contributed by atoms with Gasteiger partial charge in [0.25, 0.3) is 0 Å². The van der Waals surface area contributed by atoms with Gasteiger partial charge in [-0.2, -0.15) is 0 Å². The Hall–Kier alpha value is -4.86. The van der Waals surface area contributed by atoms with Gasteiger partial charge in [0, 0.05) is 76.9 Å². The summed E-state index contributed by atoms with van der Waals surface area (Å²) in [6, 6.07) is 45.5. The maximum absolute atomic E-state index is 2.42. The van der Waals surface area contributed by atoms with Crippen LogP contribution in [0.2, 0.25) is 0 Å². The molecule has 0 bridgehead atoms. The summed E-state index contributed by atoms with van der Waals surface area (Å²) in [5.74, 6) is 0. The Balaban J connectivity index is 1.19. The van der Waals surface area contributed by atoms with Crippen molar-refractivity contribution in [2.24, 2.45) is 0 Å². The molecule has 0 N–H and O–H groups in total. The molecule has 3 heterocycles. The van der Waals surface area contributed by atoms with Crippen LogP contribution in [-0.2, 0) is 13.1 Å². The zero-order valence-corrected chi connectivity index (χ0v) is 25.1. The topological polar surface area (TPSA) is 9.86 Å². The summed E-state index contributed by atoms with van der Waals surface area (Å²) >= 11 is 1.88. The van der Waals surface area contributed by atoms with Crippen LogP contribution in [0.3, 0.4) is 0 Å². The van der Waals surface area contributed by atoms with Gasteiger partial charge >= 0.3 is 0 Å². The van der Waals surface area contributed by atoms with E-state index in [9.17, 15) is 0 Å². The molecule has 206 valence electrons. The molecule has 0 aliphatic rings. The first-order chi connectivity index (χ1) is 21.2. The first-order valence-electron chi connectivity index (χ1n) is 15.2. The fraction of sp³-hybridized carbons (Fsp3) is 0.100. The monoisotopic (exact) mass is 570 g/mol. The van der Waals surface area contributed by atoms with Crippen molar-refractivity contribution in [3.05, 3.63) is 121 Å². The molecule has 0 aliphatic carbocycles. The summed E-state index contributed by atoms with van der Waals surface area (Å²) in [6.45, 7) is 6.38. The maximum atomic E-state index is 2.42. The smallest absolute Gasteiger partial charge is 0.0491 e. The first kappa shape index (κ1) is 24.7. The van der Waals surface area contributed by atoms with Gasteiger partial charge in [-0.1, -0.05) is 60.7 Å². The molecule has 0 unspecified atom stereocenters. The largest absolute Gasteiger partial charge is 0.341 e. The normalized spacial score (nSPS) is 12.1.